The number of imidazole rings is 1. The van der Waals surface area contributed by atoms with Gasteiger partial charge in [0.25, 0.3) is 0 Å². The van der Waals surface area contributed by atoms with Gasteiger partial charge in [0.1, 0.15) is 11.9 Å². The fourth-order valence-corrected chi connectivity index (χ4v) is 2.99. The average molecular weight is 395 g/mol. The Balaban J connectivity index is 1.86. The molecule has 0 spiro atoms. The first-order chi connectivity index (χ1) is 13.3. The maximum Gasteiger partial charge on any atom is 0.471 e. The number of nitrogens with one attached hydrogen (secondary N) is 1. The van der Waals surface area contributed by atoms with E-state index in [9.17, 15) is 22.8 Å². The lowest BCUT2D eigenvalue weighted by molar-refractivity contribution is -0.175. The molecule has 1 aliphatic rings. The monoisotopic (exact) mass is 395 g/mol. The summed E-state index contributed by atoms with van der Waals surface area (Å²) in [6, 6.07) is 8.08. The molecule has 1 aromatic carbocycles. The number of amides is 1. The summed E-state index contributed by atoms with van der Waals surface area (Å²) in [5, 5.41) is 1.72. The molecule has 150 valence electrons. The average Bonchev–Trinajstić information content (AvgIpc) is 3.43. The topological polar surface area (TPSA) is 73.2 Å². The molecule has 1 amide bonds. The summed E-state index contributed by atoms with van der Waals surface area (Å²) in [7, 11) is 1.06. The number of nitrogens with zero attached hydrogens (tertiary/aromatic N) is 2. The number of ether oxygens (including phenoxy) is 1. The largest absolute Gasteiger partial charge is 0.471 e. The Morgan fingerprint density at radius 1 is 1.29 bits per heavy atom. The Bertz CT molecular complexity index is 845. The number of alkyl halides is 3. The van der Waals surface area contributed by atoms with E-state index in [1.165, 1.54) is 0 Å². The summed E-state index contributed by atoms with van der Waals surface area (Å²) in [4.78, 5) is 27.7. The number of rotatable bonds is 7. The van der Waals surface area contributed by atoms with Crippen LogP contribution in [0.3, 0.4) is 0 Å². The van der Waals surface area contributed by atoms with Gasteiger partial charge in [-0.05, 0) is 18.4 Å². The van der Waals surface area contributed by atoms with E-state index in [0.29, 0.717) is 18.2 Å². The molecule has 1 aromatic heterocycles. The minimum atomic E-state index is -5.09. The molecule has 1 heterocycles. The number of hydrogen-bond acceptors (Lipinski definition) is 4. The highest BCUT2D eigenvalue weighted by molar-refractivity contribution is 5.87. The molecule has 0 saturated heterocycles. The van der Waals surface area contributed by atoms with Gasteiger partial charge >= 0.3 is 18.1 Å². The molecule has 0 unspecified atom stereocenters. The first kappa shape index (κ1) is 19.9. The van der Waals surface area contributed by atoms with Crippen LogP contribution < -0.4 is 5.32 Å². The zero-order valence-corrected chi connectivity index (χ0v) is 15.2. The van der Waals surface area contributed by atoms with E-state index in [2.05, 4.69) is 9.72 Å². The second kappa shape index (κ2) is 8.04. The molecule has 28 heavy (non-hydrogen) atoms. The summed E-state index contributed by atoms with van der Waals surface area (Å²) in [6.07, 6.45) is -1.70. The van der Waals surface area contributed by atoms with Crippen LogP contribution in [0.1, 0.15) is 35.8 Å². The van der Waals surface area contributed by atoms with Crippen molar-refractivity contribution in [2.75, 3.05) is 7.11 Å². The molecule has 1 aliphatic carbocycles. The van der Waals surface area contributed by atoms with E-state index < -0.39 is 24.1 Å². The Morgan fingerprint density at radius 3 is 2.54 bits per heavy atom. The predicted octanol–water partition coefficient (Wildman–Crippen LogP) is 2.57. The van der Waals surface area contributed by atoms with Gasteiger partial charge in [-0.3, -0.25) is 4.79 Å². The van der Waals surface area contributed by atoms with E-state index in [4.69, 9.17) is 0 Å². The third kappa shape index (κ3) is 4.71. The van der Waals surface area contributed by atoms with Crippen molar-refractivity contribution in [3.8, 4) is 0 Å². The summed E-state index contributed by atoms with van der Waals surface area (Å²) >= 11 is 0. The predicted molar refractivity (Wildman–Crippen MR) is 93.5 cm³/mol. The third-order valence-electron chi connectivity index (χ3n) is 4.56. The number of benzene rings is 1. The maximum atomic E-state index is 12.6. The molecular formula is C19H20F3N3O3. The van der Waals surface area contributed by atoms with Crippen LogP contribution in [0.15, 0.2) is 36.5 Å². The molecule has 1 atom stereocenters. The van der Waals surface area contributed by atoms with Gasteiger partial charge in [-0.2, -0.15) is 13.2 Å². The van der Waals surface area contributed by atoms with Crippen LogP contribution in [0.5, 0.6) is 0 Å². The minimum Gasteiger partial charge on any atom is -0.467 e. The van der Waals surface area contributed by atoms with Gasteiger partial charge in [-0.15, -0.1) is 0 Å². The number of methoxy groups -OCH3 is 1. The number of carbonyl (C=O) groups excluding carboxylic acids is 2. The molecule has 2 aromatic rings. The minimum absolute atomic E-state index is 0.152. The second-order valence-corrected chi connectivity index (χ2v) is 6.70. The molecule has 1 saturated carbocycles. The van der Waals surface area contributed by atoms with Crippen LogP contribution >= 0.6 is 0 Å². The lowest BCUT2D eigenvalue weighted by Gasteiger charge is -2.19. The van der Waals surface area contributed by atoms with Gasteiger partial charge in [0, 0.05) is 30.8 Å². The Kier molecular flexibility index (Phi) is 5.71. The lowest BCUT2D eigenvalue weighted by atomic mass is 10.1. The van der Waals surface area contributed by atoms with Crippen LogP contribution in [-0.4, -0.2) is 40.8 Å². The Hall–Kier alpha value is -2.84. The van der Waals surface area contributed by atoms with E-state index in [-0.39, 0.29) is 6.42 Å². The van der Waals surface area contributed by atoms with Gasteiger partial charge in [0.2, 0.25) is 0 Å². The van der Waals surface area contributed by atoms with E-state index in [0.717, 1.165) is 31.3 Å². The highest BCUT2D eigenvalue weighted by atomic mass is 19.4. The molecule has 0 radical (unpaired) electrons. The fourth-order valence-electron chi connectivity index (χ4n) is 2.99. The van der Waals surface area contributed by atoms with Crippen LogP contribution in [0.4, 0.5) is 13.2 Å². The van der Waals surface area contributed by atoms with Gasteiger partial charge in [-0.25, -0.2) is 9.78 Å². The SMILES string of the molecule is COC(=O)[C@H](Cc1cnc(C2CC2)n1Cc1ccccc1)NC(=O)C(F)(F)F. The van der Waals surface area contributed by atoms with Crippen molar-refractivity contribution in [3.63, 3.8) is 0 Å². The lowest BCUT2D eigenvalue weighted by Crippen LogP contribution is -2.48. The van der Waals surface area contributed by atoms with Crippen molar-refractivity contribution in [2.45, 2.75) is 43.9 Å². The molecule has 1 fully saturated rings. The molecule has 1 N–H and O–H groups in total. The Labute approximate surface area is 159 Å². The molecule has 0 aliphatic heterocycles. The fraction of sp³-hybridized carbons (Fsp3) is 0.421. The number of hydrogen-bond donors (Lipinski definition) is 1. The first-order valence-electron chi connectivity index (χ1n) is 8.83. The van der Waals surface area contributed by atoms with Crippen LogP contribution in [-0.2, 0) is 27.3 Å². The number of carbonyl (C=O) groups is 2. The van der Waals surface area contributed by atoms with Crippen molar-refractivity contribution in [2.24, 2.45) is 0 Å². The Morgan fingerprint density at radius 2 is 1.96 bits per heavy atom. The highest BCUT2D eigenvalue weighted by Gasteiger charge is 2.41. The third-order valence-corrected chi connectivity index (χ3v) is 4.56. The van der Waals surface area contributed by atoms with Crippen molar-refractivity contribution in [1.29, 1.82) is 0 Å². The number of halogens is 3. The molecular weight excluding hydrogens is 375 g/mol. The quantitative estimate of drug-likeness (QED) is 0.732. The zero-order chi connectivity index (χ0) is 20.3. The highest BCUT2D eigenvalue weighted by Crippen LogP contribution is 2.39. The van der Waals surface area contributed by atoms with Gasteiger partial charge in [0.05, 0.1) is 7.11 Å². The first-order valence-corrected chi connectivity index (χ1v) is 8.83. The summed E-state index contributed by atoms with van der Waals surface area (Å²) < 4.78 is 44.3. The molecule has 3 rings (SSSR count). The van der Waals surface area contributed by atoms with E-state index in [1.807, 2.05) is 34.9 Å². The maximum absolute atomic E-state index is 12.6. The summed E-state index contributed by atoms with van der Waals surface area (Å²) in [6.45, 7) is 0.475. The van der Waals surface area contributed by atoms with E-state index >= 15 is 0 Å². The van der Waals surface area contributed by atoms with Crippen molar-refractivity contribution < 1.29 is 27.5 Å². The molecule has 6 nitrogen and oxygen atoms in total. The standard InChI is InChI=1S/C19H20F3N3O3/c1-28-17(26)15(24-18(27)19(20,21)22)9-14-10-23-16(13-7-8-13)25(14)11-12-5-3-2-4-6-12/h2-6,10,13,15H,7-9,11H2,1H3,(H,24,27)/t15-/m0/s1. The van der Waals surface area contributed by atoms with Gasteiger partial charge in [-0.1, -0.05) is 30.3 Å². The van der Waals surface area contributed by atoms with Gasteiger partial charge in [0.15, 0.2) is 0 Å². The van der Waals surface area contributed by atoms with Crippen LogP contribution in [0.2, 0.25) is 0 Å². The van der Waals surface area contributed by atoms with Crippen LogP contribution in [0, 0.1) is 0 Å². The number of aromatic nitrogens is 2. The normalized spacial score (nSPS) is 15.1. The van der Waals surface area contributed by atoms with Gasteiger partial charge < -0.3 is 14.6 Å². The zero-order valence-electron chi connectivity index (χ0n) is 15.2. The summed E-state index contributed by atoms with van der Waals surface area (Å²) in [5.41, 5.74) is 1.56. The smallest absolute Gasteiger partial charge is 0.467 e. The second-order valence-electron chi connectivity index (χ2n) is 6.70. The molecule has 9 heteroatoms. The summed E-state index contributed by atoms with van der Waals surface area (Å²) in [5.74, 6) is -1.99. The number of esters is 1. The van der Waals surface area contributed by atoms with Crippen molar-refractivity contribution >= 4 is 11.9 Å². The van der Waals surface area contributed by atoms with Crippen molar-refractivity contribution in [1.82, 2.24) is 14.9 Å². The van der Waals surface area contributed by atoms with E-state index in [1.54, 1.807) is 11.5 Å². The van der Waals surface area contributed by atoms with Crippen LogP contribution in [0.25, 0.3) is 0 Å². The molecule has 0 bridgehead atoms. The van der Waals surface area contributed by atoms with Crippen molar-refractivity contribution in [3.05, 3.63) is 53.6 Å².